The minimum atomic E-state index is 0.753. The van der Waals surface area contributed by atoms with Crippen LogP contribution in [0.5, 0.6) is 0 Å². The van der Waals surface area contributed by atoms with Crippen molar-refractivity contribution in [3.05, 3.63) is 16.3 Å². The van der Waals surface area contributed by atoms with Crippen LogP contribution in [-0.4, -0.2) is 9.97 Å². The molecule has 0 radical (unpaired) electrons. The summed E-state index contributed by atoms with van der Waals surface area (Å²) in [6, 6.07) is 0. The van der Waals surface area contributed by atoms with Crippen LogP contribution in [0.15, 0.2) is 0 Å². The van der Waals surface area contributed by atoms with E-state index in [0.29, 0.717) is 0 Å². The number of nitrogens with two attached hydrogens (primary N) is 1. The van der Waals surface area contributed by atoms with Crippen LogP contribution in [0.2, 0.25) is 0 Å². The van der Waals surface area contributed by atoms with Gasteiger partial charge in [0.05, 0.1) is 5.39 Å². The average molecular weight is 250 g/mol. The first-order chi connectivity index (χ1) is 8.17. The first-order valence-electron chi connectivity index (χ1n) is 5.90. The van der Waals surface area contributed by atoms with Crippen LogP contribution < -0.4 is 11.3 Å². The van der Waals surface area contributed by atoms with Crippen LogP contribution in [0.1, 0.15) is 36.0 Å². The lowest BCUT2D eigenvalue weighted by Crippen LogP contribution is -2.11. The highest BCUT2D eigenvalue weighted by molar-refractivity contribution is 7.18. The lowest BCUT2D eigenvalue weighted by molar-refractivity contribution is 0.758. The largest absolute Gasteiger partial charge is 0.308 e. The summed E-state index contributed by atoms with van der Waals surface area (Å²) in [5.41, 5.74) is 3.92. The zero-order valence-electron chi connectivity index (χ0n) is 10.5. The molecule has 0 aliphatic rings. The zero-order valence-corrected chi connectivity index (χ0v) is 11.3. The number of anilines is 1. The van der Waals surface area contributed by atoms with E-state index in [-0.39, 0.29) is 0 Å². The van der Waals surface area contributed by atoms with Gasteiger partial charge in [0.15, 0.2) is 5.82 Å². The number of hydrogen-bond donors (Lipinski definition) is 2. The molecule has 2 rings (SSSR count). The van der Waals surface area contributed by atoms with Crippen molar-refractivity contribution >= 4 is 27.4 Å². The summed E-state index contributed by atoms with van der Waals surface area (Å²) in [7, 11) is 0. The predicted molar refractivity (Wildman–Crippen MR) is 73.3 cm³/mol. The molecule has 0 unspecified atom stereocenters. The molecule has 4 nitrogen and oxygen atoms in total. The van der Waals surface area contributed by atoms with Gasteiger partial charge in [-0.25, -0.2) is 15.8 Å². The van der Waals surface area contributed by atoms with Crippen LogP contribution in [0.3, 0.4) is 0 Å². The molecule has 0 saturated heterocycles. The number of thiophene rings is 1. The summed E-state index contributed by atoms with van der Waals surface area (Å²) >= 11 is 1.71. The smallest absolute Gasteiger partial charge is 0.152 e. The number of hydrazine groups is 1. The minimum absolute atomic E-state index is 0.753. The van der Waals surface area contributed by atoms with Gasteiger partial charge in [-0.2, -0.15) is 0 Å². The van der Waals surface area contributed by atoms with Gasteiger partial charge >= 0.3 is 0 Å². The minimum Gasteiger partial charge on any atom is -0.308 e. The highest BCUT2D eigenvalue weighted by Gasteiger charge is 2.13. The Kier molecular flexibility index (Phi) is 3.59. The standard InChI is InChI=1S/C12H18N4S/c1-4-5-6-9-14-11(16-13)10-7(2)8(3)17-12(10)15-9/h4-6,13H2,1-3H3,(H,14,15,16). The lowest BCUT2D eigenvalue weighted by Gasteiger charge is -2.05. The molecule has 92 valence electrons. The highest BCUT2D eigenvalue weighted by atomic mass is 32.1. The third kappa shape index (κ3) is 2.25. The monoisotopic (exact) mass is 250 g/mol. The van der Waals surface area contributed by atoms with Crippen LogP contribution >= 0.6 is 11.3 Å². The molecule has 0 spiro atoms. The predicted octanol–water partition coefficient (Wildman–Crippen LogP) is 2.94. The second-order valence-electron chi connectivity index (χ2n) is 4.20. The maximum absolute atomic E-state index is 5.56. The van der Waals surface area contributed by atoms with Gasteiger partial charge in [-0.05, 0) is 25.8 Å². The molecule has 17 heavy (non-hydrogen) atoms. The van der Waals surface area contributed by atoms with Crippen molar-refractivity contribution in [2.45, 2.75) is 40.0 Å². The molecule has 5 heteroatoms. The molecule has 0 amide bonds. The SMILES string of the molecule is CCCCc1nc(NN)c2c(C)c(C)sc2n1. The zero-order chi connectivity index (χ0) is 12.4. The van der Waals surface area contributed by atoms with Crippen molar-refractivity contribution in [2.24, 2.45) is 5.84 Å². The maximum atomic E-state index is 5.56. The number of rotatable bonds is 4. The van der Waals surface area contributed by atoms with Gasteiger partial charge in [0, 0.05) is 11.3 Å². The Labute approximate surface area is 105 Å². The maximum Gasteiger partial charge on any atom is 0.152 e. The first kappa shape index (κ1) is 12.3. The molecule has 0 fully saturated rings. The second kappa shape index (κ2) is 4.98. The fraction of sp³-hybridized carbons (Fsp3) is 0.500. The van der Waals surface area contributed by atoms with Crippen molar-refractivity contribution in [2.75, 3.05) is 5.43 Å². The number of aromatic nitrogens is 2. The topological polar surface area (TPSA) is 63.8 Å². The van der Waals surface area contributed by atoms with Crippen LogP contribution in [0.4, 0.5) is 5.82 Å². The number of hydrogen-bond acceptors (Lipinski definition) is 5. The third-order valence-corrected chi connectivity index (χ3v) is 4.07. The molecular formula is C12H18N4S. The Bertz CT molecular complexity index is 533. The summed E-state index contributed by atoms with van der Waals surface area (Å²) in [4.78, 5) is 11.4. The summed E-state index contributed by atoms with van der Waals surface area (Å²) in [6.07, 6.45) is 3.17. The summed E-state index contributed by atoms with van der Waals surface area (Å²) in [6.45, 7) is 6.36. The average Bonchev–Trinajstić information content (AvgIpc) is 2.61. The van der Waals surface area contributed by atoms with Gasteiger partial charge in [-0.3, -0.25) is 0 Å². The van der Waals surface area contributed by atoms with E-state index < -0.39 is 0 Å². The highest BCUT2D eigenvalue weighted by Crippen LogP contribution is 2.32. The molecule has 0 saturated carbocycles. The van der Waals surface area contributed by atoms with Gasteiger partial charge < -0.3 is 5.43 Å². The molecule has 0 aliphatic carbocycles. The van der Waals surface area contributed by atoms with E-state index in [0.717, 1.165) is 41.1 Å². The van der Waals surface area contributed by atoms with E-state index in [1.807, 2.05) is 0 Å². The van der Waals surface area contributed by atoms with Gasteiger partial charge in [0.2, 0.25) is 0 Å². The van der Waals surface area contributed by atoms with E-state index in [1.165, 1.54) is 10.4 Å². The van der Waals surface area contributed by atoms with E-state index in [1.54, 1.807) is 11.3 Å². The van der Waals surface area contributed by atoms with E-state index in [2.05, 4.69) is 36.2 Å². The molecule has 0 atom stereocenters. The van der Waals surface area contributed by atoms with Crippen LogP contribution in [-0.2, 0) is 6.42 Å². The van der Waals surface area contributed by atoms with Gasteiger partial charge in [-0.1, -0.05) is 13.3 Å². The van der Waals surface area contributed by atoms with Gasteiger partial charge in [0.1, 0.15) is 10.7 Å². The molecule has 0 bridgehead atoms. The molecule has 2 heterocycles. The van der Waals surface area contributed by atoms with Crippen molar-refractivity contribution in [1.82, 2.24) is 9.97 Å². The first-order valence-corrected chi connectivity index (χ1v) is 6.72. The summed E-state index contributed by atoms with van der Waals surface area (Å²) in [5.74, 6) is 7.19. The normalized spacial score (nSPS) is 11.1. The van der Waals surface area contributed by atoms with E-state index in [4.69, 9.17) is 5.84 Å². The number of nitrogens with zero attached hydrogens (tertiary/aromatic N) is 2. The molecule has 3 N–H and O–H groups in total. The van der Waals surface area contributed by atoms with Crippen LogP contribution in [0.25, 0.3) is 10.2 Å². The van der Waals surface area contributed by atoms with Crippen molar-refractivity contribution < 1.29 is 0 Å². The number of nitrogen functional groups attached to an aromatic ring is 1. The van der Waals surface area contributed by atoms with Crippen molar-refractivity contribution in [3.63, 3.8) is 0 Å². The molecular weight excluding hydrogens is 232 g/mol. The fourth-order valence-electron chi connectivity index (χ4n) is 1.84. The Balaban J connectivity index is 2.54. The van der Waals surface area contributed by atoms with Gasteiger partial charge in [0.25, 0.3) is 0 Å². The molecule has 2 aromatic rings. The van der Waals surface area contributed by atoms with Crippen molar-refractivity contribution in [3.8, 4) is 0 Å². The number of nitrogens with one attached hydrogen (secondary N) is 1. The third-order valence-electron chi connectivity index (χ3n) is 2.97. The summed E-state index contributed by atoms with van der Waals surface area (Å²) < 4.78 is 0. The molecule has 0 aromatic carbocycles. The van der Waals surface area contributed by atoms with Crippen LogP contribution in [0, 0.1) is 13.8 Å². The van der Waals surface area contributed by atoms with Crippen molar-refractivity contribution in [1.29, 1.82) is 0 Å². The van der Waals surface area contributed by atoms with E-state index >= 15 is 0 Å². The van der Waals surface area contributed by atoms with E-state index in [9.17, 15) is 0 Å². The Hall–Kier alpha value is -1.20. The number of unbranched alkanes of at least 4 members (excludes halogenated alkanes) is 1. The molecule has 2 aromatic heterocycles. The fourth-order valence-corrected chi connectivity index (χ4v) is 2.89. The Morgan fingerprint density at radius 3 is 2.71 bits per heavy atom. The Morgan fingerprint density at radius 2 is 2.06 bits per heavy atom. The quantitative estimate of drug-likeness (QED) is 0.647. The summed E-state index contributed by atoms with van der Waals surface area (Å²) in [5, 5.41) is 1.07. The second-order valence-corrected chi connectivity index (χ2v) is 5.40. The molecule has 0 aliphatic heterocycles. The number of aryl methyl sites for hydroxylation is 3. The van der Waals surface area contributed by atoms with Gasteiger partial charge in [-0.15, -0.1) is 11.3 Å². The number of fused-ring (bicyclic) bond motifs is 1. The Morgan fingerprint density at radius 1 is 1.29 bits per heavy atom. The lowest BCUT2D eigenvalue weighted by atomic mass is 10.2.